The lowest BCUT2D eigenvalue weighted by Gasteiger charge is -2.26. The van der Waals surface area contributed by atoms with E-state index in [1.807, 2.05) is 42.5 Å². The van der Waals surface area contributed by atoms with Crippen LogP contribution in [-0.2, 0) is 14.8 Å². The SMILES string of the molecule is O=C(NCC#CCOc1cccc2ccccc12)c1ccc(S(=O)(=O)N2CCOCC2)cc1. The number of amides is 1. The molecule has 8 heteroatoms. The van der Waals surface area contributed by atoms with Crippen LogP contribution in [0.3, 0.4) is 0 Å². The van der Waals surface area contributed by atoms with Crippen LogP contribution in [0, 0.1) is 11.8 Å². The van der Waals surface area contributed by atoms with E-state index in [-0.39, 0.29) is 24.0 Å². The highest BCUT2D eigenvalue weighted by Gasteiger charge is 2.26. The molecule has 1 N–H and O–H groups in total. The summed E-state index contributed by atoms with van der Waals surface area (Å²) in [4.78, 5) is 12.5. The van der Waals surface area contributed by atoms with Gasteiger partial charge in [-0.1, -0.05) is 48.2 Å². The van der Waals surface area contributed by atoms with Gasteiger partial charge in [0.05, 0.1) is 24.7 Å². The van der Waals surface area contributed by atoms with Crippen LogP contribution in [0.1, 0.15) is 10.4 Å². The second-order valence-electron chi connectivity index (χ2n) is 7.34. The van der Waals surface area contributed by atoms with Crippen LogP contribution in [0.25, 0.3) is 10.8 Å². The predicted octanol–water partition coefficient (Wildman–Crippen LogP) is 2.67. The summed E-state index contributed by atoms with van der Waals surface area (Å²) < 4.78 is 37.7. The minimum absolute atomic E-state index is 0.158. The van der Waals surface area contributed by atoms with Crippen molar-refractivity contribution in [2.75, 3.05) is 39.5 Å². The Labute approximate surface area is 193 Å². The number of fused-ring (bicyclic) bond motifs is 1. The first-order chi connectivity index (χ1) is 16.1. The van der Waals surface area contributed by atoms with Gasteiger partial charge in [0.15, 0.2) is 0 Å². The Morgan fingerprint density at radius 1 is 0.970 bits per heavy atom. The number of nitrogens with zero attached hydrogens (tertiary/aromatic N) is 1. The highest BCUT2D eigenvalue weighted by atomic mass is 32.2. The first kappa shape index (κ1) is 22.8. The Hall–Kier alpha value is -3.38. The molecule has 1 heterocycles. The maximum atomic E-state index is 12.7. The Kier molecular flexibility index (Phi) is 7.25. The summed E-state index contributed by atoms with van der Waals surface area (Å²) in [5.41, 5.74) is 0.365. The summed E-state index contributed by atoms with van der Waals surface area (Å²) in [6.45, 7) is 1.78. The number of hydrogen-bond donors (Lipinski definition) is 1. The first-order valence-electron chi connectivity index (χ1n) is 10.6. The lowest BCUT2D eigenvalue weighted by atomic mass is 10.1. The summed E-state index contributed by atoms with van der Waals surface area (Å²) >= 11 is 0. The molecule has 33 heavy (non-hydrogen) atoms. The number of hydrogen-bond acceptors (Lipinski definition) is 5. The molecule has 0 radical (unpaired) electrons. The van der Waals surface area contributed by atoms with Gasteiger partial charge in [-0.3, -0.25) is 4.79 Å². The van der Waals surface area contributed by atoms with Gasteiger partial charge in [-0.2, -0.15) is 4.31 Å². The normalized spacial score (nSPS) is 14.3. The monoisotopic (exact) mass is 464 g/mol. The van der Waals surface area contributed by atoms with E-state index >= 15 is 0 Å². The van der Waals surface area contributed by atoms with Gasteiger partial charge < -0.3 is 14.8 Å². The molecular formula is C25H24N2O5S. The van der Waals surface area contributed by atoms with Crippen molar-refractivity contribution < 1.29 is 22.7 Å². The van der Waals surface area contributed by atoms with Crippen LogP contribution in [0.2, 0.25) is 0 Å². The second-order valence-corrected chi connectivity index (χ2v) is 9.28. The fourth-order valence-corrected chi connectivity index (χ4v) is 4.90. The van der Waals surface area contributed by atoms with Crippen LogP contribution >= 0.6 is 0 Å². The van der Waals surface area contributed by atoms with E-state index in [4.69, 9.17) is 9.47 Å². The van der Waals surface area contributed by atoms with Gasteiger partial charge in [0.2, 0.25) is 10.0 Å². The summed E-state index contributed by atoms with van der Waals surface area (Å²) in [5.74, 6) is 6.19. The fourth-order valence-electron chi connectivity index (χ4n) is 3.49. The van der Waals surface area contributed by atoms with Gasteiger partial charge in [0.25, 0.3) is 5.91 Å². The topological polar surface area (TPSA) is 84.9 Å². The van der Waals surface area contributed by atoms with Gasteiger partial charge in [0, 0.05) is 24.0 Å². The average molecular weight is 465 g/mol. The van der Waals surface area contributed by atoms with E-state index in [2.05, 4.69) is 17.2 Å². The van der Waals surface area contributed by atoms with Crippen LogP contribution in [-0.4, -0.2) is 58.1 Å². The summed E-state index contributed by atoms with van der Waals surface area (Å²) in [5, 5.41) is 4.82. The van der Waals surface area contributed by atoms with E-state index in [9.17, 15) is 13.2 Å². The van der Waals surface area contributed by atoms with E-state index in [0.29, 0.717) is 31.9 Å². The third-order valence-electron chi connectivity index (χ3n) is 5.24. The average Bonchev–Trinajstić information content (AvgIpc) is 2.86. The molecule has 170 valence electrons. The van der Waals surface area contributed by atoms with Crippen molar-refractivity contribution in [1.29, 1.82) is 0 Å². The molecule has 1 aliphatic rings. The van der Waals surface area contributed by atoms with Crippen molar-refractivity contribution in [2.24, 2.45) is 0 Å². The van der Waals surface area contributed by atoms with Crippen molar-refractivity contribution in [3.63, 3.8) is 0 Å². The Morgan fingerprint density at radius 3 is 2.48 bits per heavy atom. The molecule has 0 aromatic heterocycles. The lowest BCUT2D eigenvalue weighted by Crippen LogP contribution is -2.40. The third-order valence-corrected chi connectivity index (χ3v) is 7.15. The zero-order chi connectivity index (χ0) is 23.1. The number of benzene rings is 3. The summed E-state index contributed by atoms with van der Waals surface area (Å²) in [6.07, 6.45) is 0. The Balaban J connectivity index is 1.27. The van der Waals surface area contributed by atoms with Gasteiger partial charge in [0.1, 0.15) is 12.4 Å². The Morgan fingerprint density at radius 2 is 1.70 bits per heavy atom. The van der Waals surface area contributed by atoms with Crippen molar-refractivity contribution in [3.05, 3.63) is 72.3 Å². The van der Waals surface area contributed by atoms with E-state index in [0.717, 1.165) is 16.5 Å². The molecule has 1 saturated heterocycles. The maximum absolute atomic E-state index is 12.7. The maximum Gasteiger partial charge on any atom is 0.252 e. The molecule has 1 fully saturated rings. The summed E-state index contributed by atoms with van der Waals surface area (Å²) in [6, 6.07) is 19.7. The molecule has 0 aliphatic carbocycles. The lowest BCUT2D eigenvalue weighted by molar-refractivity contribution is 0.0730. The van der Waals surface area contributed by atoms with Crippen LogP contribution in [0.4, 0.5) is 0 Å². The van der Waals surface area contributed by atoms with E-state index < -0.39 is 10.0 Å². The summed E-state index contributed by atoms with van der Waals surface area (Å²) in [7, 11) is -3.58. The van der Waals surface area contributed by atoms with Crippen LogP contribution in [0.15, 0.2) is 71.6 Å². The number of carbonyl (C=O) groups excluding carboxylic acids is 1. The highest BCUT2D eigenvalue weighted by Crippen LogP contribution is 2.24. The number of carbonyl (C=O) groups is 1. The number of ether oxygens (including phenoxy) is 2. The van der Waals surface area contributed by atoms with Crippen molar-refractivity contribution in [3.8, 4) is 17.6 Å². The zero-order valence-corrected chi connectivity index (χ0v) is 18.8. The molecule has 3 aromatic rings. The molecule has 4 rings (SSSR count). The molecule has 0 spiro atoms. The molecule has 0 bridgehead atoms. The smallest absolute Gasteiger partial charge is 0.252 e. The number of morpholine rings is 1. The van der Waals surface area contributed by atoms with Crippen molar-refractivity contribution in [1.82, 2.24) is 9.62 Å². The number of sulfonamides is 1. The molecule has 1 aliphatic heterocycles. The van der Waals surface area contributed by atoms with Crippen molar-refractivity contribution in [2.45, 2.75) is 4.90 Å². The van der Waals surface area contributed by atoms with E-state index in [1.54, 1.807) is 0 Å². The van der Waals surface area contributed by atoms with Gasteiger partial charge >= 0.3 is 0 Å². The molecule has 1 amide bonds. The molecule has 0 saturated carbocycles. The quantitative estimate of drug-likeness (QED) is 0.567. The van der Waals surface area contributed by atoms with E-state index in [1.165, 1.54) is 28.6 Å². The minimum atomic E-state index is -3.58. The molecule has 7 nitrogen and oxygen atoms in total. The highest BCUT2D eigenvalue weighted by molar-refractivity contribution is 7.89. The van der Waals surface area contributed by atoms with Crippen LogP contribution < -0.4 is 10.1 Å². The molecule has 0 unspecified atom stereocenters. The van der Waals surface area contributed by atoms with Gasteiger partial charge in [-0.25, -0.2) is 8.42 Å². The minimum Gasteiger partial charge on any atom is -0.480 e. The Bertz CT molecular complexity index is 1280. The van der Waals surface area contributed by atoms with Crippen LogP contribution in [0.5, 0.6) is 5.75 Å². The largest absolute Gasteiger partial charge is 0.480 e. The van der Waals surface area contributed by atoms with Gasteiger partial charge in [-0.15, -0.1) is 0 Å². The number of nitrogens with one attached hydrogen (secondary N) is 1. The molecular weight excluding hydrogens is 440 g/mol. The molecule has 0 atom stereocenters. The zero-order valence-electron chi connectivity index (χ0n) is 18.0. The fraction of sp³-hybridized carbons (Fsp3) is 0.240. The first-order valence-corrected chi connectivity index (χ1v) is 12.0. The standard InChI is InChI=1S/C25H24N2O5S/c28-25(21-10-12-22(13-11-21)33(29,30)27-15-18-31-19-16-27)26-14-3-4-17-32-24-9-5-7-20-6-1-2-8-23(20)24/h1-2,5-13H,14-19H2,(H,26,28). The third kappa shape index (κ3) is 5.52. The van der Waals surface area contributed by atoms with Gasteiger partial charge in [-0.05, 0) is 35.7 Å². The second kappa shape index (κ2) is 10.5. The molecule has 3 aromatic carbocycles. The van der Waals surface area contributed by atoms with Crippen molar-refractivity contribution >= 4 is 26.7 Å². The number of rotatable bonds is 6. The predicted molar refractivity (Wildman–Crippen MR) is 126 cm³/mol.